The lowest BCUT2D eigenvalue weighted by Crippen LogP contribution is -2.64. The van der Waals surface area contributed by atoms with E-state index in [1.165, 1.54) is 7.11 Å². The Balaban J connectivity index is 1.74. The van der Waals surface area contributed by atoms with E-state index in [9.17, 15) is 5.11 Å². The second-order valence-corrected chi connectivity index (χ2v) is 5.02. The van der Waals surface area contributed by atoms with Gasteiger partial charge in [-0.25, -0.2) is 0 Å². The van der Waals surface area contributed by atoms with E-state index in [1.54, 1.807) is 0 Å². The Kier molecular flexibility index (Phi) is 4.02. The third-order valence-corrected chi connectivity index (χ3v) is 3.72. The van der Waals surface area contributed by atoms with Crippen molar-refractivity contribution in [2.75, 3.05) is 13.7 Å². The molecule has 6 atom stereocenters. The molecule has 0 aromatic heterocycles. The average Bonchev–Trinajstić information content (AvgIpc) is 2.51. The van der Waals surface area contributed by atoms with Gasteiger partial charge in [0.2, 0.25) is 0 Å². The Morgan fingerprint density at radius 3 is 2.70 bits per heavy atom. The largest absolute Gasteiger partial charge is 0.388 e. The molecule has 2 heterocycles. The summed E-state index contributed by atoms with van der Waals surface area (Å²) in [4.78, 5) is 0. The van der Waals surface area contributed by atoms with Gasteiger partial charge in [-0.05, 0) is 0 Å². The molecule has 2 aliphatic heterocycles. The molecule has 0 unspecified atom stereocenters. The Hall–Kier alpha value is -1.02. The summed E-state index contributed by atoms with van der Waals surface area (Å²) < 4.78 is 22.2. The van der Waals surface area contributed by atoms with E-state index < -0.39 is 30.8 Å². The third kappa shape index (κ3) is 2.46. The first kappa shape index (κ1) is 13.9. The van der Waals surface area contributed by atoms with Gasteiger partial charge in [0.15, 0.2) is 12.6 Å². The number of benzene rings is 1. The van der Waals surface area contributed by atoms with Crippen LogP contribution in [-0.2, 0) is 18.9 Å². The molecule has 0 saturated carbocycles. The highest BCUT2D eigenvalue weighted by molar-refractivity contribution is 5.16. The number of fused-ring (bicyclic) bond motifs is 1. The predicted molar refractivity (Wildman–Crippen MR) is 69.7 cm³/mol. The molecule has 2 saturated heterocycles. The van der Waals surface area contributed by atoms with Crippen LogP contribution in [0.25, 0.3) is 0 Å². The third-order valence-electron chi connectivity index (χ3n) is 3.72. The lowest BCUT2D eigenvalue weighted by atomic mass is 9.96. The number of hydrogen-bond donors (Lipinski definition) is 2. The van der Waals surface area contributed by atoms with Crippen LogP contribution in [0, 0.1) is 0 Å². The fourth-order valence-electron chi connectivity index (χ4n) is 2.60. The van der Waals surface area contributed by atoms with Crippen molar-refractivity contribution < 1.29 is 24.1 Å². The maximum atomic E-state index is 10.3. The van der Waals surface area contributed by atoms with Gasteiger partial charge in [0.1, 0.15) is 18.3 Å². The second kappa shape index (κ2) is 5.77. The molecule has 110 valence electrons. The minimum absolute atomic E-state index is 0.327. The van der Waals surface area contributed by atoms with Crippen LogP contribution < -0.4 is 5.73 Å². The normalized spacial score (nSPS) is 41.1. The van der Waals surface area contributed by atoms with Crippen LogP contribution in [0.15, 0.2) is 30.3 Å². The maximum absolute atomic E-state index is 10.3. The average molecular weight is 281 g/mol. The van der Waals surface area contributed by atoms with Gasteiger partial charge >= 0.3 is 0 Å². The molecular formula is C14H19NO5. The van der Waals surface area contributed by atoms with Crippen LogP contribution in [0.5, 0.6) is 0 Å². The molecule has 0 radical (unpaired) electrons. The van der Waals surface area contributed by atoms with E-state index in [0.29, 0.717) is 6.61 Å². The molecule has 0 spiro atoms. The topological polar surface area (TPSA) is 83.2 Å². The van der Waals surface area contributed by atoms with Crippen LogP contribution in [0.2, 0.25) is 0 Å². The van der Waals surface area contributed by atoms with Crippen LogP contribution in [-0.4, -0.2) is 49.5 Å². The summed E-state index contributed by atoms with van der Waals surface area (Å²) in [6.07, 6.45) is -2.91. The van der Waals surface area contributed by atoms with Crippen molar-refractivity contribution in [3.8, 4) is 0 Å². The molecule has 2 fully saturated rings. The van der Waals surface area contributed by atoms with Gasteiger partial charge in [-0.2, -0.15) is 0 Å². The Labute approximate surface area is 117 Å². The van der Waals surface area contributed by atoms with Crippen LogP contribution >= 0.6 is 0 Å². The fourth-order valence-corrected chi connectivity index (χ4v) is 2.60. The molecule has 20 heavy (non-hydrogen) atoms. The Morgan fingerprint density at radius 1 is 1.25 bits per heavy atom. The zero-order valence-corrected chi connectivity index (χ0v) is 11.2. The van der Waals surface area contributed by atoms with Crippen molar-refractivity contribution in [3.05, 3.63) is 35.9 Å². The molecule has 2 aliphatic rings. The standard InChI is InChI=1S/C14H19NO5/c1-17-14-10(15)11(16)12-9(19-14)7-18-13(20-12)8-5-3-2-4-6-8/h2-6,9-14,16H,7,15H2,1H3/t9-,10+,11-,12-,13-,14+/m0/s1. The van der Waals surface area contributed by atoms with Crippen LogP contribution in [0.1, 0.15) is 11.9 Å². The Morgan fingerprint density at radius 2 is 2.00 bits per heavy atom. The summed E-state index contributed by atoms with van der Waals surface area (Å²) >= 11 is 0. The van der Waals surface area contributed by atoms with Gasteiger partial charge in [0.25, 0.3) is 0 Å². The van der Waals surface area contributed by atoms with E-state index in [1.807, 2.05) is 30.3 Å². The molecule has 0 amide bonds. The summed E-state index contributed by atoms with van der Waals surface area (Å²) in [6.45, 7) is 0.327. The van der Waals surface area contributed by atoms with Gasteiger partial charge in [0.05, 0.1) is 12.6 Å². The lowest BCUT2D eigenvalue weighted by Gasteiger charge is -2.46. The molecule has 0 bridgehead atoms. The molecule has 6 heteroatoms. The molecule has 3 N–H and O–H groups in total. The highest BCUT2D eigenvalue weighted by atomic mass is 16.7. The highest BCUT2D eigenvalue weighted by Crippen LogP contribution is 2.33. The monoisotopic (exact) mass is 281 g/mol. The first-order valence-corrected chi connectivity index (χ1v) is 6.64. The number of rotatable bonds is 2. The molecule has 1 aromatic carbocycles. The van der Waals surface area contributed by atoms with Crippen LogP contribution in [0.3, 0.4) is 0 Å². The van der Waals surface area contributed by atoms with Gasteiger partial charge in [-0.1, -0.05) is 30.3 Å². The SMILES string of the molecule is CO[C@@H]1O[C@H]2CO[C@H](c3ccccc3)O[C@@H]2[C@@H](O)[C@H]1N. The first-order valence-electron chi connectivity index (χ1n) is 6.64. The van der Waals surface area contributed by atoms with Crippen molar-refractivity contribution in [2.45, 2.75) is 36.9 Å². The summed E-state index contributed by atoms with van der Waals surface area (Å²) in [5.41, 5.74) is 6.81. The summed E-state index contributed by atoms with van der Waals surface area (Å²) in [5.74, 6) is 0. The number of aliphatic hydroxyl groups excluding tert-OH is 1. The minimum Gasteiger partial charge on any atom is -0.388 e. The molecule has 6 nitrogen and oxygen atoms in total. The highest BCUT2D eigenvalue weighted by Gasteiger charge is 2.48. The molecule has 3 rings (SSSR count). The quantitative estimate of drug-likeness (QED) is 0.803. The van der Waals surface area contributed by atoms with E-state index in [0.717, 1.165) is 5.56 Å². The number of hydrogen-bond acceptors (Lipinski definition) is 6. The summed E-state index contributed by atoms with van der Waals surface area (Å²) in [6, 6.07) is 8.93. The van der Waals surface area contributed by atoms with Crippen molar-refractivity contribution in [1.29, 1.82) is 0 Å². The van der Waals surface area contributed by atoms with Gasteiger partial charge in [-0.15, -0.1) is 0 Å². The smallest absolute Gasteiger partial charge is 0.184 e. The van der Waals surface area contributed by atoms with Crippen molar-refractivity contribution >= 4 is 0 Å². The maximum Gasteiger partial charge on any atom is 0.184 e. The van der Waals surface area contributed by atoms with E-state index >= 15 is 0 Å². The van der Waals surface area contributed by atoms with E-state index in [4.69, 9.17) is 24.7 Å². The first-order chi connectivity index (χ1) is 9.70. The predicted octanol–water partition coefficient (Wildman–Crippen LogP) is 0.160. The molecule has 1 aromatic rings. The fraction of sp³-hybridized carbons (Fsp3) is 0.571. The second-order valence-electron chi connectivity index (χ2n) is 5.02. The Bertz CT molecular complexity index is 440. The van der Waals surface area contributed by atoms with Crippen LogP contribution in [0.4, 0.5) is 0 Å². The number of aliphatic hydroxyl groups is 1. The zero-order valence-electron chi connectivity index (χ0n) is 11.2. The number of nitrogens with two attached hydrogens (primary N) is 1. The number of ether oxygens (including phenoxy) is 4. The zero-order chi connectivity index (χ0) is 14.1. The summed E-state index contributed by atoms with van der Waals surface area (Å²) in [7, 11) is 1.49. The van der Waals surface area contributed by atoms with Gasteiger partial charge < -0.3 is 29.8 Å². The molecular weight excluding hydrogens is 262 g/mol. The van der Waals surface area contributed by atoms with E-state index in [-0.39, 0.29) is 6.10 Å². The molecule has 0 aliphatic carbocycles. The van der Waals surface area contributed by atoms with Crippen molar-refractivity contribution in [3.63, 3.8) is 0 Å². The van der Waals surface area contributed by atoms with Gasteiger partial charge in [0, 0.05) is 12.7 Å². The lowest BCUT2D eigenvalue weighted by molar-refractivity contribution is -0.339. The number of methoxy groups -OCH3 is 1. The van der Waals surface area contributed by atoms with Gasteiger partial charge in [-0.3, -0.25) is 0 Å². The minimum atomic E-state index is -0.853. The summed E-state index contributed by atoms with van der Waals surface area (Å²) in [5, 5.41) is 10.3. The van der Waals surface area contributed by atoms with Crippen molar-refractivity contribution in [2.24, 2.45) is 5.73 Å². The van der Waals surface area contributed by atoms with Crippen molar-refractivity contribution in [1.82, 2.24) is 0 Å². The van der Waals surface area contributed by atoms with E-state index in [2.05, 4.69) is 0 Å².